The van der Waals surface area contributed by atoms with E-state index in [2.05, 4.69) is 24.5 Å². The van der Waals surface area contributed by atoms with E-state index in [9.17, 15) is 14.9 Å². The number of aromatic nitrogens is 1. The molecule has 6 heteroatoms. The normalized spacial score (nSPS) is 14.0. The largest absolute Gasteiger partial charge is 0.466 e. The van der Waals surface area contributed by atoms with Gasteiger partial charge in [0.15, 0.2) is 0 Å². The lowest BCUT2D eigenvalue weighted by Crippen LogP contribution is -2.35. The molecule has 1 heterocycles. The second-order valence-corrected chi connectivity index (χ2v) is 8.25. The topological polar surface area (TPSA) is 75.3 Å². The number of carbonyl (C=O) groups excluding carboxylic acids is 2. The average molecular weight is 400 g/mol. The third kappa shape index (κ3) is 6.49. The van der Waals surface area contributed by atoms with E-state index in [0.717, 1.165) is 36.3 Å². The van der Waals surface area contributed by atoms with Crippen LogP contribution in [0.15, 0.2) is 11.6 Å². The van der Waals surface area contributed by atoms with Crippen molar-refractivity contribution in [1.82, 2.24) is 9.47 Å². The van der Waals surface area contributed by atoms with Crippen LogP contribution in [0.4, 0.5) is 0 Å². The molecule has 2 rings (SSSR count). The Kier molecular flexibility index (Phi) is 8.07. The molecular weight excluding hydrogens is 366 g/mol. The van der Waals surface area contributed by atoms with Crippen LogP contribution < -0.4 is 0 Å². The molecular formula is C23H33N3O3. The summed E-state index contributed by atoms with van der Waals surface area (Å²) in [4.78, 5) is 26.4. The highest BCUT2D eigenvalue weighted by Crippen LogP contribution is 2.30. The van der Waals surface area contributed by atoms with E-state index in [1.807, 2.05) is 19.9 Å². The first kappa shape index (κ1) is 22.7. The van der Waals surface area contributed by atoms with Gasteiger partial charge in [-0.3, -0.25) is 9.59 Å². The molecule has 1 aliphatic carbocycles. The SMILES string of the molecule is CCOC(=O)CCN(CC1CC1)C(=O)/C(C#N)=C\c1cc(C)n(CC(C)C)c1C. The lowest BCUT2D eigenvalue weighted by Gasteiger charge is -2.22. The van der Waals surface area contributed by atoms with Crippen LogP contribution in [0.5, 0.6) is 0 Å². The lowest BCUT2D eigenvalue weighted by molar-refractivity contribution is -0.143. The van der Waals surface area contributed by atoms with Crippen molar-refractivity contribution in [3.05, 3.63) is 28.6 Å². The number of carbonyl (C=O) groups is 2. The van der Waals surface area contributed by atoms with Crippen LogP contribution in [-0.2, 0) is 20.9 Å². The van der Waals surface area contributed by atoms with Gasteiger partial charge in [-0.05, 0) is 63.2 Å². The van der Waals surface area contributed by atoms with Crippen molar-refractivity contribution in [3.63, 3.8) is 0 Å². The molecule has 1 aromatic rings. The molecule has 6 nitrogen and oxygen atoms in total. The highest BCUT2D eigenvalue weighted by atomic mass is 16.5. The lowest BCUT2D eigenvalue weighted by atomic mass is 10.1. The molecule has 0 radical (unpaired) electrons. The summed E-state index contributed by atoms with van der Waals surface area (Å²) in [6.45, 7) is 12.2. The van der Waals surface area contributed by atoms with Crippen molar-refractivity contribution in [2.24, 2.45) is 11.8 Å². The number of nitriles is 1. The van der Waals surface area contributed by atoms with Crippen molar-refractivity contribution >= 4 is 18.0 Å². The second-order valence-electron chi connectivity index (χ2n) is 8.25. The van der Waals surface area contributed by atoms with E-state index in [4.69, 9.17) is 4.74 Å². The molecule has 158 valence electrons. The summed E-state index contributed by atoms with van der Waals surface area (Å²) in [5.74, 6) is 0.348. The minimum absolute atomic E-state index is 0.110. The fourth-order valence-corrected chi connectivity index (χ4v) is 3.43. The van der Waals surface area contributed by atoms with Gasteiger partial charge in [0.05, 0.1) is 13.0 Å². The summed E-state index contributed by atoms with van der Waals surface area (Å²) < 4.78 is 7.20. The molecule has 0 atom stereocenters. The van der Waals surface area contributed by atoms with Crippen LogP contribution in [0.3, 0.4) is 0 Å². The molecule has 0 bridgehead atoms. The maximum atomic E-state index is 13.1. The average Bonchev–Trinajstić information content (AvgIpc) is 3.45. The summed E-state index contributed by atoms with van der Waals surface area (Å²) in [7, 11) is 0. The fraction of sp³-hybridized carbons (Fsp3) is 0.609. The Labute approximate surface area is 174 Å². The molecule has 0 spiro atoms. The van der Waals surface area contributed by atoms with Gasteiger partial charge in [0.25, 0.3) is 5.91 Å². The van der Waals surface area contributed by atoms with Crippen molar-refractivity contribution in [3.8, 4) is 6.07 Å². The molecule has 0 saturated heterocycles. The maximum Gasteiger partial charge on any atom is 0.307 e. The van der Waals surface area contributed by atoms with Crippen LogP contribution in [-0.4, -0.2) is 41.0 Å². The smallest absolute Gasteiger partial charge is 0.307 e. The zero-order valence-electron chi connectivity index (χ0n) is 18.3. The van der Waals surface area contributed by atoms with Crippen LogP contribution in [0, 0.1) is 37.0 Å². The molecule has 1 amide bonds. The van der Waals surface area contributed by atoms with Gasteiger partial charge in [-0.15, -0.1) is 0 Å². The van der Waals surface area contributed by atoms with E-state index in [1.54, 1.807) is 17.9 Å². The summed E-state index contributed by atoms with van der Waals surface area (Å²) >= 11 is 0. The molecule has 29 heavy (non-hydrogen) atoms. The van der Waals surface area contributed by atoms with Crippen LogP contribution in [0.2, 0.25) is 0 Å². The van der Waals surface area contributed by atoms with Crippen LogP contribution in [0.25, 0.3) is 6.08 Å². The monoisotopic (exact) mass is 399 g/mol. The Balaban J connectivity index is 2.21. The van der Waals surface area contributed by atoms with E-state index in [-0.39, 0.29) is 30.4 Å². The van der Waals surface area contributed by atoms with E-state index in [0.29, 0.717) is 25.0 Å². The van der Waals surface area contributed by atoms with Gasteiger partial charge in [0.1, 0.15) is 11.6 Å². The van der Waals surface area contributed by atoms with Crippen LogP contribution >= 0.6 is 0 Å². The number of hydrogen-bond acceptors (Lipinski definition) is 4. The van der Waals surface area contributed by atoms with Gasteiger partial charge in [-0.2, -0.15) is 5.26 Å². The minimum atomic E-state index is -0.319. The quantitative estimate of drug-likeness (QED) is 0.340. The van der Waals surface area contributed by atoms with Crippen molar-refractivity contribution < 1.29 is 14.3 Å². The van der Waals surface area contributed by atoms with Gasteiger partial charge in [-0.25, -0.2) is 0 Å². The van der Waals surface area contributed by atoms with E-state index in [1.165, 1.54) is 0 Å². The summed E-state index contributed by atoms with van der Waals surface area (Å²) in [5, 5.41) is 9.67. The number of ether oxygens (including phenoxy) is 1. The first-order chi connectivity index (χ1) is 13.8. The number of esters is 1. The number of nitrogens with zero attached hydrogens (tertiary/aromatic N) is 3. The fourth-order valence-electron chi connectivity index (χ4n) is 3.43. The highest BCUT2D eigenvalue weighted by Gasteiger charge is 2.28. The zero-order valence-corrected chi connectivity index (χ0v) is 18.3. The molecule has 0 aromatic carbocycles. The number of amides is 1. The predicted molar refractivity (Wildman–Crippen MR) is 113 cm³/mol. The Bertz CT molecular complexity index is 810. The Morgan fingerprint density at radius 3 is 2.62 bits per heavy atom. The van der Waals surface area contributed by atoms with Crippen molar-refractivity contribution in [2.45, 2.75) is 60.4 Å². The van der Waals surface area contributed by atoms with Crippen molar-refractivity contribution in [2.75, 3.05) is 19.7 Å². The molecule has 1 fully saturated rings. The number of aryl methyl sites for hydroxylation is 1. The summed E-state index contributed by atoms with van der Waals surface area (Å²) in [6, 6.07) is 4.10. The van der Waals surface area contributed by atoms with E-state index < -0.39 is 0 Å². The molecule has 1 aliphatic rings. The van der Waals surface area contributed by atoms with Crippen molar-refractivity contribution in [1.29, 1.82) is 5.26 Å². The van der Waals surface area contributed by atoms with Crippen LogP contribution in [0.1, 0.15) is 57.0 Å². The first-order valence-electron chi connectivity index (χ1n) is 10.5. The third-order valence-electron chi connectivity index (χ3n) is 5.17. The Hall–Kier alpha value is -2.55. The molecule has 0 N–H and O–H groups in total. The minimum Gasteiger partial charge on any atom is -0.466 e. The second kappa shape index (κ2) is 10.3. The predicted octanol–water partition coefficient (Wildman–Crippen LogP) is 3.86. The maximum absolute atomic E-state index is 13.1. The van der Waals surface area contributed by atoms with E-state index >= 15 is 0 Å². The zero-order chi connectivity index (χ0) is 21.6. The molecule has 1 aromatic heterocycles. The van der Waals surface area contributed by atoms with Gasteiger partial charge in [0, 0.05) is 31.0 Å². The number of hydrogen-bond donors (Lipinski definition) is 0. The number of rotatable bonds is 10. The van der Waals surface area contributed by atoms with Gasteiger partial charge in [0.2, 0.25) is 0 Å². The standard InChI is InChI=1S/C23H33N3O3/c1-6-29-22(27)9-10-25(15-19-7-8-19)23(28)21(13-24)12-20-11-17(4)26(18(20)5)14-16(2)3/h11-12,16,19H,6-10,14-15H2,1-5H3/b21-12-. The first-order valence-corrected chi connectivity index (χ1v) is 10.5. The highest BCUT2D eigenvalue weighted by molar-refractivity contribution is 6.02. The van der Waals surface area contributed by atoms with Gasteiger partial charge >= 0.3 is 5.97 Å². The third-order valence-corrected chi connectivity index (χ3v) is 5.17. The molecule has 1 saturated carbocycles. The van der Waals surface area contributed by atoms with Gasteiger partial charge in [-0.1, -0.05) is 13.8 Å². The Morgan fingerprint density at radius 1 is 1.38 bits per heavy atom. The Morgan fingerprint density at radius 2 is 2.07 bits per heavy atom. The van der Waals surface area contributed by atoms with Gasteiger partial charge < -0.3 is 14.2 Å². The molecule has 0 unspecified atom stereocenters. The summed E-state index contributed by atoms with van der Waals surface area (Å²) in [5.41, 5.74) is 3.17. The summed E-state index contributed by atoms with van der Waals surface area (Å²) in [6.07, 6.45) is 4.01. The molecule has 0 aliphatic heterocycles.